The summed E-state index contributed by atoms with van der Waals surface area (Å²) in [7, 11) is 7.61. The number of aryl methyl sites for hydroxylation is 3. The number of aromatic nitrogens is 7. The van der Waals surface area contributed by atoms with Crippen LogP contribution in [0.1, 0.15) is 49.2 Å². The van der Waals surface area contributed by atoms with Crippen LogP contribution in [0, 0.1) is 13.8 Å². The summed E-state index contributed by atoms with van der Waals surface area (Å²) in [6.45, 7) is 15.9. The molecule has 1 unspecified atom stereocenters. The third kappa shape index (κ3) is 5.91. The third-order valence-electron chi connectivity index (χ3n) is 6.20. The minimum atomic E-state index is -0.0973. The van der Waals surface area contributed by atoms with Crippen LogP contribution < -0.4 is 4.74 Å². The molecule has 200 valence electrons. The van der Waals surface area contributed by atoms with Crippen molar-refractivity contribution in [2.45, 2.75) is 53.9 Å². The maximum atomic E-state index is 6.48. The smallest absolute Gasteiger partial charge is 0.221 e. The highest BCUT2D eigenvalue weighted by atomic mass is 16.5. The number of rotatable bonds is 10. The lowest BCUT2D eigenvalue weighted by Gasteiger charge is -2.23. The number of likely N-dealkylation sites (N-methyl/N-ethyl adjacent to an activating group) is 1. The zero-order valence-electron chi connectivity index (χ0n) is 23.6. The van der Waals surface area contributed by atoms with E-state index in [1.165, 1.54) is 11.3 Å². The highest BCUT2D eigenvalue weighted by molar-refractivity contribution is 5.69. The zero-order valence-corrected chi connectivity index (χ0v) is 23.6. The normalized spacial score (nSPS) is 12.1. The highest BCUT2D eigenvalue weighted by Gasteiger charge is 2.24. The van der Waals surface area contributed by atoms with Crippen molar-refractivity contribution in [3.8, 4) is 17.1 Å². The Morgan fingerprint density at radius 2 is 1.81 bits per heavy atom. The minimum Gasteiger partial charge on any atom is -0.473 e. The molecule has 0 radical (unpaired) electrons. The van der Waals surface area contributed by atoms with Crippen LogP contribution in [0.25, 0.3) is 22.9 Å². The number of imidazole rings is 1. The van der Waals surface area contributed by atoms with Gasteiger partial charge >= 0.3 is 0 Å². The van der Waals surface area contributed by atoms with E-state index in [-0.39, 0.29) is 6.10 Å². The second-order valence-corrected chi connectivity index (χ2v) is 8.98. The van der Waals surface area contributed by atoms with Crippen molar-refractivity contribution >= 4 is 11.6 Å². The van der Waals surface area contributed by atoms with Crippen LogP contribution in [0.4, 0.5) is 0 Å². The first kappa shape index (κ1) is 28.1. The molecule has 0 saturated heterocycles. The van der Waals surface area contributed by atoms with Crippen molar-refractivity contribution < 1.29 is 9.47 Å². The Kier molecular flexibility index (Phi) is 9.23. The van der Waals surface area contributed by atoms with Gasteiger partial charge in [0.15, 0.2) is 0 Å². The van der Waals surface area contributed by atoms with E-state index in [2.05, 4.69) is 52.5 Å². The summed E-state index contributed by atoms with van der Waals surface area (Å²) in [6, 6.07) is 0. The zero-order chi connectivity index (χ0) is 27.3. The van der Waals surface area contributed by atoms with Gasteiger partial charge < -0.3 is 9.47 Å². The quantitative estimate of drug-likeness (QED) is 0.317. The van der Waals surface area contributed by atoms with E-state index in [9.17, 15) is 0 Å². The van der Waals surface area contributed by atoms with E-state index in [1.807, 2.05) is 50.1 Å². The van der Waals surface area contributed by atoms with Crippen molar-refractivity contribution in [2.24, 2.45) is 14.1 Å². The first-order valence-electron chi connectivity index (χ1n) is 12.6. The summed E-state index contributed by atoms with van der Waals surface area (Å²) < 4.78 is 17.6. The summed E-state index contributed by atoms with van der Waals surface area (Å²) in [6.07, 6.45) is 7.12. The van der Waals surface area contributed by atoms with E-state index in [0.717, 1.165) is 47.1 Å². The molecule has 10 heteroatoms. The van der Waals surface area contributed by atoms with Crippen molar-refractivity contribution in [1.82, 2.24) is 38.8 Å². The molecule has 0 spiro atoms. The van der Waals surface area contributed by atoms with E-state index in [0.29, 0.717) is 12.5 Å². The fraction of sp³-hybridized carbons (Fsp3) is 0.481. The maximum absolute atomic E-state index is 6.48. The topological polar surface area (TPSA) is 87.5 Å². The van der Waals surface area contributed by atoms with Gasteiger partial charge in [-0.05, 0) is 39.5 Å². The third-order valence-corrected chi connectivity index (χ3v) is 6.20. The molecule has 37 heavy (non-hydrogen) atoms. The molecule has 0 aliphatic carbocycles. The predicted octanol–water partition coefficient (Wildman–Crippen LogP) is 4.20. The first-order chi connectivity index (χ1) is 17.7. The number of fused-ring (bicyclic) bond motifs is 1. The molecule has 10 nitrogen and oxygen atoms in total. The summed E-state index contributed by atoms with van der Waals surface area (Å²) in [5.41, 5.74) is 6.69. The van der Waals surface area contributed by atoms with Crippen molar-refractivity contribution in [3.05, 3.63) is 53.6 Å². The lowest BCUT2D eigenvalue weighted by Crippen LogP contribution is -2.32. The van der Waals surface area contributed by atoms with Crippen LogP contribution in [-0.2, 0) is 32.0 Å². The first-order valence-corrected chi connectivity index (χ1v) is 12.6. The standard InChI is InChI=1S/C25H34N8O2.C2H6/c1-9-23-27-11-19-10-26-20(13-33(19)23)24-21(15-34-8)29-32(7)25(24)35-16(2)12-30(5)14-22-17(3)18(4)28-31(22)6;1-2/h9-11,13,16H,1,12,14-15H2,2-8H3;1-2H3. The van der Waals surface area contributed by atoms with Crippen LogP contribution >= 0.6 is 0 Å². The van der Waals surface area contributed by atoms with Crippen molar-refractivity contribution in [1.29, 1.82) is 0 Å². The van der Waals surface area contributed by atoms with E-state index in [1.54, 1.807) is 30.3 Å². The number of nitrogens with zero attached hydrogens (tertiary/aromatic N) is 8. The van der Waals surface area contributed by atoms with Gasteiger partial charge in [0.2, 0.25) is 5.88 Å². The Bertz CT molecular complexity index is 1350. The second kappa shape index (κ2) is 12.2. The monoisotopic (exact) mass is 508 g/mol. The Morgan fingerprint density at radius 1 is 1.11 bits per heavy atom. The minimum absolute atomic E-state index is 0.0973. The molecule has 4 aromatic heterocycles. The van der Waals surface area contributed by atoms with Crippen LogP contribution in [0.2, 0.25) is 0 Å². The van der Waals surface area contributed by atoms with Gasteiger partial charge in [-0.1, -0.05) is 20.4 Å². The van der Waals surface area contributed by atoms with Crippen LogP contribution in [0.15, 0.2) is 25.2 Å². The van der Waals surface area contributed by atoms with Gasteiger partial charge in [0.05, 0.1) is 47.2 Å². The Balaban J connectivity index is 0.00000186. The molecule has 0 N–H and O–H groups in total. The molecule has 4 aromatic rings. The largest absolute Gasteiger partial charge is 0.473 e. The molecule has 0 aromatic carbocycles. The lowest BCUT2D eigenvalue weighted by molar-refractivity contribution is 0.147. The average molecular weight is 509 g/mol. The SMILES string of the molecule is C=Cc1ncc2cnc(-c3c(COC)nn(C)c3OC(C)CN(C)Cc3c(C)c(C)nn3C)cn12.CC. The molecular formula is C27H40N8O2. The Hall–Kier alpha value is -3.50. The predicted molar refractivity (Wildman–Crippen MR) is 146 cm³/mol. The van der Waals surface area contributed by atoms with Crippen LogP contribution in [0.3, 0.4) is 0 Å². The molecule has 4 rings (SSSR count). The summed E-state index contributed by atoms with van der Waals surface area (Å²) in [5.74, 6) is 1.40. The molecule has 4 heterocycles. The molecule has 0 aliphatic heterocycles. The maximum Gasteiger partial charge on any atom is 0.221 e. The molecule has 0 fully saturated rings. The molecule has 0 bridgehead atoms. The number of methoxy groups -OCH3 is 1. The van der Waals surface area contributed by atoms with Crippen LogP contribution in [-0.4, -0.2) is 65.6 Å². The second-order valence-electron chi connectivity index (χ2n) is 8.98. The fourth-order valence-electron chi connectivity index (χ4n) is 4.41. The Morgan fingerprint density at radius 3 is 2.43 bits per heavy atom. The number of hydrogen-bond donors (Lipinski definition) is 0. The Labute approximate surface area is 219 Å². The lowest BCUT2D eigenvalue weighted by atomic mass is 10.1. The van der Waals surface area contributed by atoms with Gasteiger partial charge in [0.1, 0.15) is 17.6 Å². The van der Waals surface area contributed by atoms with Crippen molar-refractivity contribution in [2.75, 3.05) is 20.7 Å². The summed E-state index contributed by atoms with van der Waals surface area (Å²) in [4.78, 5) is 11.3. The van der Waals surface area contributed by atoms with Gasteiger partial charge in [-0.3, -0.25) is 19.0 Å². The van der Waals surface area contributed by atoms with Gasteiger partial charge in [0, 0.05) is 40.5 Å². The van der Waals surface area contributed by atoms with Crippen molar-refractivity contribution in [3.63, 3.8) is 0 Å². The molecule has 0 saturated carbocycles. The summed E-state index contributed by atoms with van der Waals surface area (Å²) in [5, 5.41) is 9.20. The molecule has 0 aliphatic rings. The van der Waals surface area contributed by atoms with E-state index < -0.39 is 0 Å². The van der Waals surface area contributed by atoms with E-state index in [4.69, 9.17) is 9.47 Å². The van der Waals surface area contributed by atoms with Gasteiger partial charge in [0.25, 0.3) is 0 Å². The molecular weight excluding hydrogens is 468 g/mol. The highest BCUT2D eigenvalue weighted by Crippen LogP contribution is 2.33. The molecule has 1 atom stereocenters. The van der Waals surface area contributed by atoms with Gasteiger partial charge in [-0.15, -0.1) is 0 Å². The number of ether oxygens (including phenoxy) is 2. The number of hydrogen-bond acceptors (Lipinski definition) is 7. The average Bonchev–Trinajstić information content (AvgIpc) is 3.49. The van der Waals surface area contributed by atoms with Gasteiger partial charge in [-0.25, -0.2) is 9.67 Å². The summed E-state index contributed by atoms with van der Waals surface area (Å²) >= 11 is 0. The fourth-order valence-corrected chi connectivity index (χ4v) is 4.41. The van der Waals surface area contributed by atoms with Crippen LogP contribution in [0.5, 0.6) is 5.88 Å². The van der Waals surface area contributed by atoms with E-state index >= 15 is 0 Å². The van der Waals surface area contributed by atoms with Gasteiger partial charge in [-0.2, -0.15) is 10.2 Å². The molecule has 0 amide bonds.